The van der Waals surface area contributed by atoms with Gasteiger partial charge in [0.1, 0.15) is 5.82 Å². The number of rotatable bonds is 2. The van der Waals surface area contributed by atoms with Crippen LogP contribution in [0.3, 0.4) is 0 Å². The molecular weight excluding hydrogens is 293 g/mol. The predicted octanol–water partition coefficient (Wildman–Crippen LogP) is 3.28. The summed E-state index contributed by atoms with van der Waals surface area (Å²) in [5.74, 6) is 0.572. The second-order valence-corrected chi connectivity index (χ2v) is 6.21. The Morgan fingerprint density at radius 1 is 1.30 bits per heavy atom. The second-order valence-electron chi connectivity index (χ2n) is 6.21. The number of hydrogen-bond donors (Lipinski definition) is 0. The third-order valence-corrected chi connectivity index (χ3v) is 4.88. The average molecular weight is 311 g/mol. The monoisotopic (exact) mass is 311 g/mol. The third-order valence-electron chi connectivity index (χ3n) is 4.88. The number of hydrogen-bond acceptors (Lipinski definition) is 3. The van der Waals surface area contributed by atoms with Gasteiger partial charge in [-0.2, -0.15) is 0 Å². The smallest absolute Gasteiger partial charge is 0.223 e. The molecule has 23 heavy (non-hydrogen) atoms. The number of halogens is 1. The summed E-state index contributed by atoms with van der Waals surface area (Å²) in [7, 11) is 0. The van der Waals surface area contributed by atoms with Crippen molar-refractivity contribution in [2.24, 2.45) is 0 Å². The van der Waals surface area contributed by atoms with Crippen LogP contribution < -0.4 is 0 Å². The molecule has 5 heteroatoms. The van der Waals surface area contributed by atoms with Crippen molar-refractivity contribution in [2.75, 3.05) is 0 Å². The Hall–Kier alpha value is -2.30. The number of nitrogens with zero attached hydrogens (tertiary/aromatic N) is 3. The summed E-state index contributed by atoms with van der Waals surface area (Å²) in [5, 5.41) is 0. The Morgan fingerprint density at radius 3 is 2.83 bits per heavy atom. The quantitative estimate of drug-likeness (QED) is 0.855. The van der Waals surface area contributed by atoms with Crippen LogP contribution in [0, 0.1) is 5.82 Å². The zero-order valence-corrected chi connectivity index (χ0v) is 13.0. The van der Waals surface area contributed by atoms with Gasteiger partial charge in [-0.15, -0.1) is 0 Å². The summed E-state index contributed by atoms with van der Waals surface area (Å²) in [6, 6.07) is 6.62. The summed E-state index contributed by atoms with van der Waals surface area (Å²) < 4.78 is 13.1. The van der Waals surface area contributed by atoms with E-state index in [1.54, 1.807) is 12.1 Å². The van der Waals surface area contributed by atoms with Crippen LogP contribution in [0.5, 0.6) is 0 Å². The van der Waals surface area contributed by atoms with Crippen molar-refractivity contribution in [1.82, 2.24) is 14.9 Å². The van der Waals surface area contributed by atoms with Gasteiger partial charge in [0.2, 0.25) is 5.91 Å². The second kappa shape index (κ2) is 5.41. The minimum atomic E-state index is -0.265. The van der Waals surface area contributed by atoms with Gasteiger partial charge in [0.15, 0.2) is 5.82 Å². The third kappa shape index (κ3) is 2.31. The molecule has 3 heterocycles. The van der Waals surface area contributed by atoms with Crippen LogP contribution in [0.4, 0.5) is 4.39 Å². The molecule has 1 aromatic carbocycles. The zero-order valence-electron chi connectivity index (χ0n) is 13.0. The van der Waals surface area contributed by atoms with Crippen molar-refractivity contribution >= 4 is 5.91 Å². The Morgan fingerprint density at radius 2 is 2.09 bits per heavy atom. The standard InChI is InChI=1S/C18H18FN3O/c1-2-17(23)22-13-7-8-16(22)14-10-20-18(21-15(14)9-13)11-3-5-12(19)6-4-11/h3-6,10,13,16H,2,7-9H2,1H3. The summed E-state index contributed by atoms with van der Waals surface area (Å²) in [5.41, 5.74) is 2.92. The molecule has 0 spiro atoms. The lowest BCUT2D eigenvalue weighted by Gasteiger charge is -2.35. The molecule has 1 fully saturated rings. The van der Waals surface area contributed by atoms with Crippen molar-refractivity contribution in [3.8, 4) is 11.4 Å². The molecule has 1 saturated heterocycles. The van der Waals surface area contributed by atoms with Crippen LogP contribution in [0.25, 0.3) is 11.4 Å². The first-order valence-electron chi connectivity index (χ1n) is 8.10. The first kappa shape index (κ1) is 14.3. The van der Waals surface area contributed by atoms with E-state index < -0.39 is 0 Å². The maximum atomic E-state index is 13.1. The van der Waals surface area contributed by atoms with Crippen LogP contribution in [-0.2, 0) is 11.2 Å². The summed E-state index contributed by atoms with van der Waals surface area (Å²) in [4.78, 5) is 23.4. The highest BCUT2D eigenvalue weighted by atomic mass is 19.1. The molecule has 0 radical (unpaired) electrons. The number of aromatic nitrogens is 2. The fourth-order valence-electron chi connectivity index (χ4n) is 3.78. The normalized spacial score (nSPS) is 22.1. The highest BCUT2D eigenvalue weighted by Gasteiger charge is 2.42. The number of amides is 1. The Bertz CT molecular complexity index is 759. The first-order chi connectivity index (χ1) is 11.2. The van der Waals surface area contributed by atoms with E-state index >= 15 is 0 Å². The fraction of sp³-hybridized carbons (Fsp3) is 0.389. The van der Waals surface area contributed by atoms with Gasteiger partial charge < -0.3 is 4.90 Å². The predicted molar refractivity (Wildman–Crippen MR) is 84.0 cm³/mol. The zero-order chi connectivity index (χ0) is 16.0. The molecule has 2 bridgehead atoms. The van der Waals surface area contributed by atoms with Crippen molar-refractivity contribution in [2.45, 2.75) is 44.7 Å². The largest absolute Gasteiger partial charge is 0.332 e. The minimum absolute atomic E-state index is 0.124. The Kier molecular flexibility index (Phi) is 3.36. The highest BCUT2D eigenvalue weighted by molar-refractivity contribution is 5.77. The van der Waals surface area contributed by atoms with Crippen LogP contribution >= 0.6 is 0 Å². The van der Waals surface area contributed by atoms with E-state index in [-0.39, 0.29) is 23.8 Å². The lowest BCUT2D eigenvalue weighted by Crippen LogP contribution is -2.42. The van der Waals surface area contributed by atoms with Gasteiger partial charge in [-0.1, -0.05) is 6.92 Å². The van der Waals surface area contributed by atoms with E-state index in [0.717, 1.165) is 36.1 Å². The van der Waals surface area contributed by atoms with Gasteiger partial charge in [0.05, 0.1) is 11.7 Å². The first-order valence-corrected chi connectivity index (χ1v) is 8.10. The van der Waals surface area contributed by atoms with Crippen LogP contribution in [0.15, 0.2) is 30.5 Å². The average Bonchev–Trinajstić information content (AvgIpc) is 2.89. The van der Waals surface area contributed by atoms with Gasteiger partial charge >= 0.3 is 0 Å². The molecule has 2 aromatic rings. The van der Waals surface area contributed by atoms with Gasteiger partial charge in [-0.3, -0.25) is 4.79 Å². The van der Waals surface area contributed by atoms with Gasteiger partial charge in [0.25, 0.3) is 0 Å². The Balaban J connectivity index is 1.71. The van der Waals surface area contributed by atoms with Gasteiger partial charge in [-0.25, -0.2) is 14.4 Å². The molecule has 4 rings (SSSR count). The molecule has 2 unspecified atom stereocenters. The van der Waals surface area contributed by atoms with Crippen LogP contribution in [-0.4, -0.2) is 26.8 Å². The van der Waals surface area contributed by atoms with Crippen molar-refractivity contribution in [3.05, 3.63) is 47.5 Å². The number of benzene rings is 1. The maximum absolute atomic E-state index is 13.1. The molecule has 0 aliphatic carbocycles. The van der Waals surface area contributed by atoms with Gasteiger partial charge in [0, 0.05) is 36.2 Å². The molecule has 2 aliphatic heterocycles. The highest BCUT2D eigenvalue weighted by Crippen LogP contribution is 2.43. The SMILES string of the molecule is CCC(=O)N1C2CCC1c1cnc(-c3ccc(F)cc3)nc1C2. The Labute approximate surface area is 134 Å². The molecular formula is C18H18FN3O. The van der Waals surface area contributed by atoms with E-state index in [4.69, 9.17) is 4.98 Å². The van der Waals surface area contributed by atoms with E-state index in [1.807, 2.05) is 18.0 Å². The van der Waals surface area contributed by atoms with Crippen molar-refractivity contribution < 1.29 is 9.18 Å². The van der Waals surface area contributed by atoms with Crippen LogP contribution in [0.1, 0.15) is 43.5 Å². The van der Waals surface area contributed by atoms with E-state index in [9.17, 15) is 9.18 Å². The molecule has 0 saturated carbocycles. The van der Waals surface area contributed by atoms with E-state index in [1.165, 1.54) is 12.1 Å². The fourth-order valence-corrected chi connectivity index (χ4v) is 3.78. The topological polar surface area (TPSA) is 46.1 Å². The lowest BCUT2D eigenvalue weighted by molar-refractivity contribution is -0.134. The van der Waals surface area contributed by atoms with Crippen molar-refractivity contribution in [1.29, 1.82) is 0 Å². The molecule has 4 nitrogen and oxygen atoms in total. The molecule has 0 N–H and O–H groups in total. The summed E-state index contributed by atoms with van der Waals surface area (Å²) >= 11 is 0. The molecule has 1 amide bonds. The number of carbonyl (C=O) groups is 1. The summed E-state index contributed by atoms with van der Waals surface area (Å²) in [6.07, 6.45) is 5.19. The van der Waals surface area contributed by atoms with E-state index in [2.05, 4.69) is 4.98 Å². The van der Waals surface area contributed by atoms with Crippen LogP contribution in [0.2, 0.25) is 0 Å². The molecule has 1 aromatic heterocycles. The minimum Gasteiger partial charge on any atom is -0.332 e. The molecule has 2 aliphatic rings. The summed E-state index contributed by atoms with van der Waals surface area (Å²) in [6.45, 7) is 1.91. The van der Waals surface area contributed by atoms with E-state index in [0.29, 0.717) is 12.2 Å². The van der Waals surface area contributed by atoms with Gasteiger partial charge in [-0.05, 0) is 37.1 Å². The molecule has 2 atom stereocenters. The molecule has 118 valence electrons. The van der Waals surface area contributed by atoms with Crippen molar-refractivity contribution in [3.63, 3.8) is 0 Å². The number of fused-ring (bicyclic) bond motifs is 4. The maximum Gasteiger partial charge on any atom is 0.223 e. The number of carbonyl (C=O) groups excluding carboxylic acids is 1. The lowest BCUT2D eigenvalue weighted by atomic mass is 9.98.